The van der Waals surface area contributed by atoms with Crippen molar-refractivity contribution < 1.29 is 4.79 Å². The van der Waals surface area contributed by atoms with Crippen molar-refractivity contribution in [2.45, 2.75) is 13.5 Å². The lowest BCUT2D eigenvalue weighted by molar-refractivity contribution is 0.0954. The summed E-state index contributed by atoms with van der Waals surface area (Å²) >= 11 is 1.32. The molecule has 0 spiro atoms. The Labute approximate surface area is 171 Å². The van der Waals surface area contributed by atoms with E-state index >= 15 is 0 Å². The normalized spacial score (nSPS) is 10.7. The van der Waals surface area contributed by atoms with Crippen LogP contribution >= 0.6 is 11.3 Å². The van der Waals surface area contributed by atoms with Gasteiger partial charge in [0.15, 0.2) is 5.82 Å². The van der Waals surface area contributed by atoms with E-state index in [1.54, 1.807) is 16.4 Å². The van der Waals surface area contributed by atoms with Crippen molar-refractivity contribution in [1.82, 2.24) is 30.0 Å². The number of nitrogens with zero attached hydrogens (tertiary/aromatic N) is 5. The van der Waals surface area contributed by atoms with E-state index in [0.717, 1.165) is 28.2 Å². The zero-order valence-electron chi connectivity index (χ0n) is 16.0. The molecule has 0 aliphatic carbocycles. The molecule has 3 aromatic heterocycles. The number of benzene rings is 1. The molecule has 8 nitrogen and oxygen atoms in total. The second-order valence-electron chi connectivity index (χ2n) is 6.48. The van der Waals surface area contributed by atoms with Crippen LogP contribution in [-0.4, -0.2) is 30.6 Å². The summed E-state index contributed by atoms with van der Waals surface area (Å²) in [6.45, 7) is 2.48. The molecule has 0 aliphatic heterocycles. The number of aryl methyl sites for hydroxylation is 2. The summed E-state index contributed by atoms with van der Waals surface area (Å²) in [4.78, 5) is 25.3. The minimum atomic E-state index is -0.114. The topological polar surface area (TPSA) is 97.6 Å². The van der Waals surface area contributed by atoms with Gasteiger partial charge in [0.25, 0.3) is 5.91 Å². The fourth-order valence-corrected chi connectivity index (χ4v) is 3.38. The standard InChI is InChI=1S/C20H19N7OS/c1-13-7-14(3-4-15(13)9-22-20(28)17-10-21-12-29-17)16-8-19(24-11-23-16)25-18-5-6-27(2)26-18/h3-8,10-12H,9H2,1-2H3,(H,22,28)(H,23,24,25,26). The van der Waals surface area contributed by atoms with E-state index in [0.29, 0.717) is 17.2 Å². The number of hydrogen-bond donors (Lipinski definition) is 2. The van der Waals surface area contributed by atoms with Gasteiger partial charge >= 0.3 is 0 Å². The molecular formula is C20H19N7OS. The molecule has 0 unspecified atom stereocenters. The lowest BCUT2D eigenvalue weighted by Gasteiger charge is -2.10. The Hall–Kier alpha value is -3.59. The highest BCUT2D eigenvalue weighted by Gasteiger charge is 2.09. The number of anilines is 2. The molecule has 146 valence electrons. The first-order chi connectivity index (χ1) is 14.1. The van der Waals surface area contributed by atoms with Gasteiger partial charge in [-0.3, -0.25) is 14.5 Å². The highest BCUT2D eigenvalue weighted by molar-refractivity contribution is 7.11. The number of carbonyl (C=O) groups excluding carboxylic acids is 1. The number of thiazole rings is 1. The van der Waals surface area contributed by atoms with E-state index < -0.39 is 0 Å². The number of carbonyl (C=O) groups is 1. The number of amides is 1. The Morgan fingerprint density at radius 3 is 2.79 bits per heavy atom. The minimum Gasteiger partial charge on any atom is -0.347 e. The maximum Gasteiger partial charge on any atom is 0.263 e. The number of aromatic nitrogens is 5. The van der Waals surface area contributed by atoms with Crippen LogP contribution in [0.3, 0.4) is 0 Å². The Balaban J connectivity index is 1.47. The molecule has 29 heavy (non-hydrogen) atoms. The van der Waals surface area contributed by atoms with Crippen LogP contribution in [0.4, 0.5) is 11.6 Å². The maximum absolute atomic E-state index is 12.1. The molecule has 0 aliphatic rings. The molecule has 0 bridgehead atoms. The quantitative estimate of drug-likeness (QED) is 0.511. The van der Waals surface area contributed by atoms with Crippen LogP contribution in [-0.2, 0) is 13.6 Å². The third-order valence-corrected chi connectivity index (χ3v) is 5.14. The van der Waals surface area contributed by atoms with Crippen molar-refractivity contribution in [2.24, 2.45) is 7.05 Å². The number of nitrogens with one attached hydrogen (secondary N) is 2. The summed E-state index contributed by atoms with van der Waals surface area (Å²) in [7, 11) is 1.86. The van der Waals surface area contributed by atoms with Crippen LogP contribution in [0.15, 0.2) is 54.6 Å². The summed E-state index contributed by atoms with van der Waals surface area (Å²) in [5.41, 5.74) is 5.55. The van der Waals surface area contributed by atoms with Crippen molar-refractivity contribution in [2.75, 3.05) is 5.32 Å². The second kappa shape index (κ2) is 8.19. The van der Waals surface area contributed by atoms with Gasteiger partial charge in [-0.2, -0.15) is 5.10 Å². The van der Waals surface area contributed by atoms with Crippen molar-refractivity contribution in [3.8, 4) is 11.3 Å². The van der Waals surface area contributed by atoms with E-state index in [2.05, 4.69) is 36.8 Å². The molecule has 4 rings (SSSR count). The van der Waals surface area contributed by atoms with Gasteiger partial charge in [-0.15, -0.1) is 11.3 Å². The van der Waals surface area contributed by atoms with Gasteiger partial charge in [0.2, 0.25) is 0 Å². The van der Waals surface area contributed by atoms with E-state index in [1.807, 2.05) is 44.4 Å². The Morgan fingerprint density at radius 1 is 1.17 bits per heavy atom. The summed E-state index contributed by atoms with van der Waals surface area (Å²) < 4.78 is 1.72. The molecule has 0 saturated carbocycles. The average molecular weight is 405 g/mol. The molecule has 0 saturated heterocycles. The van der Waals surface area contributed by atoms with Crippen LogP contribution in [0.2, 0.25) is 0 Å². The van der Waals surface area contributed by atoms with Crippen molar-refractivity contribution in [3.63, 3.8) is 0 Å². The lowest BCUT2D eigenvalue weighted by Crippen LogP contribution is -2.22. The molecule has 9 heteroatoms. The molecular weight excluding hydrogens is 386 g/mol. The first-order valence-electron chi connectivity index (χ1n) is 8.94. The van der Waals surface area contributed by atoms with Gasteiger partial charge in [-0.25, -0.2) is 9.97 Å². The Bertz CT molecular complexity index is 1140. The second-order valence-corrected chi connectivity index (χ2v) is 7.36. The predicted molar refractivity (Wildman–Crippen MR) is 112 cm³/mol. The van der Waals surface area contributed by atoms with Crippen LogP contribution in [0.5, 0.6) is 0 Å². The monoisotopic (exact) mass is 405 g/mol. The maximum atomic E-state index is 12.1. The molecule has 0 radical (unpaired) electrons. The minimum absolute atomic E-state index is 0.114. The first kappa shape index (κ1) is 18.8. The molecule has 2 N–H and O–H groups in total. The van der Waals surface area contributed by atoms with E-state index in [-0.39, 0.29) is 5.91 Å². The van der Waals surface area contributed by atoms with Gasteiger partial charge in [0, 0.05) is 37.5 Å². The van der Waals surface area contributed by atoms with Crippen molar-refractivity contribution in [1.29, 1.82) is 0 Å². The SMILES string of the molecule is Cc1cc(-c2cc(Nc3ccn(C)n3)ncn2)ccc1CNC(=O)c1cncs1. The summed E-state index contributed by atoms with van der Waals surface area (Å²) in [5, 5.41) is 10.4. The smallest absolute Gasteiger partial charge is 0.263 e. The average Bonchev–Trinajstić information content (AvgIpc) is 3.39. The summed E-state index contributed by atoms with van der Waals surface area (Å²) in [5.74, 6) is 1.28. The van der Waals surface area contributed by atoms with Gasteiger partial charge in [-0.05, 0) is 24.1 Å². The highest BCUT2D eigenvalue weighted by atomic mass is 32.1. The summed E-state index contributed by atoms with van der Waals surface area (Å²) in [6.07, 6.45) is 4.96. The molecule has 1 aromatic carbocycles. The van der Waals surface area contributed by atoms with Gasteiger partial charge in [0.1, 0.15) is 17.0 Å². The van der Waals surface area contributed by atoms with Crippen LogP contribution in [0.1, 0.15) is 20.8 Å². The van der Waals surface area contributed by atoms with Crippen LogP contribution < -0.4 is 10.6 Å². The van der Waals surface area contributed by atoms with E-state index in [4.69, 9.17) is 0 Å². The lowest BCUT2D eigenvalue weighted by atomic mass is 10.0. The van der Waals surface area contributed by atoms with Crippen LogP contribution in [0, 0.1) is 6.92 Å². The first-order valence-corrected chi connectivity index (χ1v) is 9.82. The highest BCUT2D eigenvalue weighted by Crippen LogP contribution is 2.23. The zero-order chi connectivity index (χ0) is 20.2. The third-order valence-electron chi connectivity index (χ3n) is 4.37. The van der Waals surface area contributed by atoms with Crippen molar-refractivity contribution in [3.05, 3.63) is 70.6 Å². The fraction of sp³-hybridized carbons (Fsp3) is 0.150. The van der Waals surface area contributed by atoms with Gasteiger partial charge in [0.05, 0.1) is 17.4 Å². The number of rotatable bonds is 6. The van der Waals surface area contributed by atoms with E-state index in [1.165, 1.54) is 17.7 Å². The molecule has 3 heterocycles. The van der Waals surface area contributed by atoms with Gasteiger partial charge < -0.3 is 10.6 Å². The molecule has 4 aromatic rings. The summed E-state index contributed by atoms with van der Waals surface area (Å²) in [6, 6.07) is 9.82. The Morgan fingerprint density at radius 2 is 2.07 bits per heavy atom. The van der Waals surface area contributed by atoms with E-state index in [9.17, 15) is 4.79 Å². The third kappa shape index (κ3) is 4.46. The van der Waals surface area contributed by atoms with Crippen molar-refractivity contribution >= 4 is 28.9 Å². The zero-order valence-corrected chi connectivity index (χ0v) is 16.8. The molecule has 0 atom stereocenters. The fourth-order valence-electron chi connectivity index (χ4n) is 2.84. The predicted octanol–water partition coefficient (Wildman–Crippen LogP) is 3.32. The Kier molecular flexibility index (Phi) is 5.30. The molecule has 1 amide bonds. The molecule has 0 fully saturated rings. The van der Waals surface area contributed by atoms with Gasteiger partial charge in [-0.1, -0.05) is 12.1 Å². The van der Waals surface area contributed by atoms with Crippen LogP contribution in [0.25, 0.3) is 11.3 Å². The number of hydrogen-bond acceptors (Lipinski definition) is 7. The largest absolute Gasteiger partial charge is 0.347 e.